The highest BCUT2D eigenvalue weighted by Gasteiger charge is 3.07. The van der Waals surface area contributed by atoms with E-state index in [0.29, 0.717) is 18.5 Å². The van der Waals surface area contributed by atoms with Crippen LogP contribution in [-0.2, 0) is 33.1 Å². The van der Waals surface area contributed by atoms with Gasteiger partial charge < -0.3 is 13.8 Å². The Morgan fingerprint density at radius 2 is 1.66 bits per heavy atom. The normalized spacial score (nSPS) is 27.3. The Kier molecular flexibility index (Phi) is 8.08. The number of unbranched alkanes of at least 4 members (excludes halogenated alkanes) is 2. The summed E-state index contributed by atoms with van der Waals surface area (Å²) in [6.07, 6.45) is 2.92. The maximum Gasteiger partial charge on any atom is 0.335 e. The molecule has 0 spiro atoms. The second kappa shape index (κ2) is 10.7. The summed E-state index contributed by atoms with van der Waals surface area (Å²) in [6, 6.07) is 6.19. The first kappa shape index (κ1) is 28.7. The van der Waals surface area contributed by atoms with Crippen molar-refractivity contribution in [1.82, 2.24) is 14.7 Å². The summed E-state index contributed by atoms with van der Waals surface area (Å²) in [5, 5.41) is 1.40. The molecule has 3 heterocycles. The molecule has 2 fully saturated rings. The number of methoxy groups -OCH3 is 1. The quantitative estimate of drug-likeness (QED) is 0.241. The number of anilines is 1. The van der Waals surface area contributed by atoms with Gasteiger partial charge in [-0.3, -0.25) is 14.4 Å². The number of amides is 2. The lowest BCUT2D eigenvalue weighted by Crippen LogP contribution is -2.35. The molecule has 38 heavy (non-hydrogen) atoms. The number of aryl methyl sites for hydroxylation is 1. The van der Waals surface area contributed by atoms with Crippen molar-refractivity contribution in [2.24, 2.45) is 0 Å². The van der Waals surface area contributed by atoms with Gasteiger partial charge in [0.2, 0.25) is 26.6 Å². The molecule has 0 aliphatic carbocycles. The average Bonchev–Trinajstić information content (AvgIpc) is 3.67. The molecule has 4 rings (SSSR count). The van der Waals surface area contributed by atoms with Crippen LogP contribution in [0.25, 0.3) is 0 Å². The monoisotopic (exact) mass is 586 g/mol. The highest BCUT2D eigenvalue weighted by atomic mass is 32.2. The van der Waals surface area contributed by atoms with Gasteiger partial charge in [0, 0.05) is 11.8 Å². The van der Waals surface area contributed by atoms with Crippen molar-refractivity contribution in [2.75, 3.05) is 25.6 Å². The van der Waals surface area contributed by atoms with Gasteiger partial charge >= 0.3 is 6.03 Å². The summed E-state index contributed by atoms with van der Waals surface area (Å²) in [5.74, 6) is 0.0276. The second-order valence-electron chi connectivity index (χ2n) is 9.10. The van der Waals surface area contributed by atoms with Gasteiger partial charge in [-0.15, -0.1) is 0 Å². The van der Waals surface area contributed by atoms with Crippen molar-refractivity contribution in [3.05, 3.63) is 41.6 Å². The van der Waals surface area contributed by atoms with Crippen LogP contribution in [0, 0.1) is 6.92 Å². The Morgan fingerprint density at radius 3 is 2.24 bits per heavy atom. The fourth-order valence-electron chi connectivity index (χ4n) is 4.54. The van der Waals surface area contributed by atoms with Gasteiger partial charge in [-0.2, -0.15) is 4.98 Å². The summed E-state index contributed by atoms with van der Waals surface area (Å²) in [4.78, 5) is 18.8. The molecule has 2 unspecified atom stereocenters. The van der Waals surface area contributed by atoms with E-state index in [-0.39, 0.29) is 35.5 Å². The zero-order valence-corrected chi connectivity index (χ0v) is 24.3. The van der Waals surface area contributed by atoms with Crippen molar-refractivity contribution in [1.29, 1.82) is 0 Å². The molecular weight excluding hydrogens is 554 g/mol. The first-order valence-electron chi connectivity index (χ1n) is 12.3. The van der Waals surface area contributed by atoms with E-state index in [0.717, 1.165) is 12.8 Å². The van der Waals surface area contributed by atoms with E-state index in [1.165, 1.54) is 25.3 Å². The van der Waals surface area contributed by atoms with Crippen LogP contribution in [0.3, 0.4) is 0 Å². The molecule has 2 aliphatic rings. The number of nitrogens with zero attached hydrogens (tertiary/aromatic N) is 2. The lowest BCUT2D eigenvalue weighted by atomic mass is 10.2. The van der Waals surface area contributed by atoms with Gasteiger partial charge in [0.25, 0.3) is 10.0 Å². The van der Waals surface area contributed by atoms with Gasteiger partial charge in [-0.1, -0.05) is 44.9 Å². The van der Waals surface area contributed by atoms with Crippen LogP contribution in [0.15, 0.2) is 35.2 Å². The van der Waals surface area contributed by atoms with Gasteiger partial charge in [0.15, 0.2) is 4.90 Å². The van der Waals surface area contributed by atoms with Gasteiger partial charge in [0.05, 0.1) is 25.2 Å². The second-order valence-corrected chi connectivity index (χ2v) is 16.9. The standard InChI is InChI=1S/C23H32N4O8P2S/c1-5-7-13-34-36(29)20-23(36,37(20,30)35-14-8-6-2)17-11-9-10-12-18(17)38(31,32)27-22(28)26-21-24-16(3)15-19(25-21)33-4/h9-12,15,20H,5-8,13-14H2,1-4H3,(H2,24,25,26,27,28). The number of carbonyl (C=O) groups excluding carboxylic acids is 1. The van der Waals surface area contributed by atoms with Crippen LogP contribution in [-0.4, -0.2) is 50.1 Å². The minimum Gasteiger partial charge on any atom is -0.481 e. The van der Waals surface area contributed by atoms with E-state index in [2.05, 4.69) is 15.3 Å². The van der Waals surface area contributed by atoms with Gasteiger partial charge in [-0.25, -0.2) is 22.9 Å². The van der Waals surface area contributed by atoms with Crippen LogP contribution < -0.4 is 14.8 Å². The molecule has 2 amide bonds. The summed E-state index contributed by atoms with van der Waals surface area (Å²) in [5.41, 5.74) is 0.559. The summed E-state index contributed by atoms with van der Waals surface area (Å²) >= 11 is 0. The van der Waals surface area contributed by atoms with Gasteiger partial charge in [-0.05, 0) is 31.4 Å². The predicted octanol–water partition coefficient (Wildman–Crippen LogP) is 5.00. The molecule has 1 aromatic heterocycles. The third kappa shape index (κ3) is 4.69. The highest BCUT2D eigenvalue weighted by molar-refractivity contribution is 8.07. The molecule has 12 nitrogen and oxygen atoms in total. The number of urea groups is 1. The molecule has 0 radical (unpaired) electrons. The molecule has 0 saturated carbocycles. The number of sulfonamides is 1. The molecule has 2 saturated heterocycles. The van der Waals surface area contributed by atoms with Crippen LogP contribution in [0.5, 0.6) is 5.88 Å². The van der Waals surface area contributed by atoms with E-state index in [1.807, 2.05) is 18.6 Å². The minimum atomic E-state index is -4.51. The number of aromatic nitrogens is 2. The van der Waals surface area contributed by atoms with E-state index in [9.17, 15) is 22.3 Å². The van der Waals surface area contributed by atoms with Crippen LogP contribution in [0.4, 0.5) is 10.7 Å². The summed E-state index contributed by atoms with van der Waals surface area (Å²) in [6.45, 7) is 5.98. The smallest absolute Gasteiger partial charge is 0.335 e. The number of carbonyl (C=O) groups is 1. The molecule has 15 heteroatoms. The predicted molar refractivity (Wildman–Crippen MR) is 142 cm³/mol. The Hall–Kier alpha value is -2.30. The fraction of sp³-hybridized carbons (Fsp3) is 0.522. The SMILES string of the molecule is CCCCOP1(=O)C2C1(c1ccccc1S(=O)(=O)NC(=O)Nc1nc(C)cc(OC)n1)P2(=O)OCCCC. The van der Waals surface area contributed by atoms with Crippen molar-refractivity contribution >= 4 is 36.7 Å². The highest BCUT2D eigenvalue weighted by Crippen LogP contribution is 3.22. The van der Waals surface area contributed by atoms with Crippen molar-refractivity contribution in [3.8, 4) is 5.88 Å². The number of hydrogen-bond acceptors (Lipinski definition) is 10. The molecule has 1 aromatic carbocycles. The summed E-state index contributed by atoms with van der Waals surface area (Å²) < 4.78 is 72.8. The van der Waals surface area contributed by atoms with E-state index < -0.39 is 41.1 Å². The molecule has 2 atom stereocenters. The maximum atomic E-state index is 13.8. The first-order chi connectivity index (χ1) is 18.0. The zero-order valence-electron chi connectivity index (χ0n) is 21.7. The number of ether oxygens (including phenoxy) is 1. The summed E-state index contributed by atoms with van der Waals surface area (Å²) in [7, 11) is -10.1. The third-order valence-corrected chi connectivity index (χ3v) is 17.3. The van der Waals surface area contributed by atoms with Crippen LogP contribution in [0.1, 0.15) is 50.8 Å². The Bertz CT molecular complexity index is 1400. The number of benzene rings is 1. The van der Waals surface area contributed by atoms with E-state index in [1.54, 1.807) is 19.1 Å². The van der Waals surface area contributed by atoms with Crippen LogP contribution in [0.2, 0.25) is 0 Å². The lowest BCUT2D eigenvalue weighted by Gasteiger charge is -2.22. The Labute approximate surface area is 222 Å². The molecule has 2 aromatic rings. The number of rotatable bonds is 13. The third-order valence-electron chi connectivity index (χ3n) is 6.45. The van der Waals surface area contributed by atoms with Gasteiger partial charge in [0.1, 0.15) is 5.40 Å². The van der Waals surface area contributed by atoms with E-state index in [4.69, 9.17) is 13.8 Å². The molecule has 0 bridgehead atoms. The Morgan fingerprint density at radius 1 is 1.05 bits per heavy atom. The molecule has 208 valence electrons. The van der Waals surface area contributed by atoms with Crippen LogP contribution >= 0.6 is 14.7 Å². The molecular formula is C23H32N4O8P2S. The van der Waals surface area contributed by atoms with E-state index >= 15 is 0 Å². The first-order valence-corrected chi connectivity index (χ1v) is 17.2. The van der Waals surface area contributed by atoms with Crippen molar-refractivity contribution < 1.29 is 36.1 Å². The largest absolute Gasteiger partial charge is 0.481 e. The number of nitrogens with one attached hydrogen (secondary N) is 2. The number of fused-ring (bicyclic) bond motifs is 1. The fourth-order valence-corrected chi connectivity index (χ4v) is 16.6. The number of hydrogen-bond donors (Lipinski definition) is 2. The average molecular weight is 587 g/mol. The topological polar surface area (TPSA) is 163 Å². The maximum absolute atomic E-state index is 13.8. The van der Waals surface area contributed by atoms with Crippen molar-refractivity contribution in [2.45, 2.75) is 61.6 Å². The zero-order chi connectivity index (χ0) is 27.8. The van der Waals surface area contributed by atoms with Crippen molar-refractivity contribution in [3.63, 3.8) is 0 Å². The molecule has 2 N–H and O–H groups in total. The lowest BCUT2D eigenvalue weighted by molar-refractivity contribution is 0.256. The molecule has 2 aliphatic heterocycles. The minimum absolute atomic E-state index is 0.0680. The Balaban J connectivity index is 1.63.